The first-order valence-corrected chi connectivity index (χ1v) is 9.71. The minimum Gasteiger partial charge on any atom is -0.450 e. The number of aromatic nitrogens is 1. The molecule has 7 nitrogen and oxygen atoms in total. The summed E-state index contributed by atoms with van der Waals surface area (Å²) >= 11 is 6.12. The molecular formula is C21H20ClN3O4. The Hall–Kier alpha value is -3.06. The van der Waals surface area contributed by atoms with Crippen molar-refractivity contribution >= 4 is 40.3 Å². The maximum atomic E-state index is 12.5. The van der Waals surface area contributed by atoms with Crippen LogP contribution in [-0.2, 0) is 9.53 Å². The van der Waals surface area contributed by atoms with Crippen LogP contribution in [0.1, 0.15) is 16.1 Å². The average molecular weight is 414 g/mol. The van der Waals surface area contributed by atoms with Gasteiger partial charge in [-0.25, -0.2) is 9.78 Å². The van der Waals surface area contributed by atoms with Crippen molar-refractivity contribution < 1.29 is 18.7 Å². The van der Waals surface area contributed by atoms with Crippen molar-refractivity contribution in [3.05, 3.63) is 58.9 Å². The van der Waals surface area contributed by atoms with Gasteiger partial charge < -0.3 is 19.0 Å². The van der Waals surface area contributed by atoms with Crippen LogP contribution >= 0.6 is 11.6 Å². The van der Waals surface area contributed by atoms with Gasteiger partial charge in [0.05, 0.1) is 5.02 Å². The molecule has 8 heteroatoms. The second kappa shape index (κ2) is 8.13. The van der Waals surface area contributed by atoms with Crippen LogP contribution in [0.4, 0.5) is 5.82 Å². The summed E-state index contributed by atoms with van der Waals surface area (Å²) in [6, 6.07) is 11.1. The van der Waals surface area contributed by atoms with Gasteiger partial charge in [-0.2, -0.15) is 0 Å². The van der Waals surface area contributed by atoms with E-state index in [9.17, 15) is 9.59 Å². The number of piperazine rings is 1. The lowest BCUT2D eigenvalue weighted by molar-refractivity contribution is -0.134. The molecule has 0 saturated carbocycles. The van der Waals surface area contributed by atoms with Gasteiger partial charge in [0.2, 0.25) is 5.76 Å². The van der Waals surface area contributed by atoms with E-state index in [0.717, 1.165) is 11.2 Å². The van der Waals surface area contributed by atoms with Gasteiger partial charge in [0.1, 0.15) is 5.82 Å². The Morgan fingerprint density at radius 2 is 1.93 bits per heavy atom. The molecule has 0 bridgehead atoms. The number of halogens is 1. The highest BCUT2D eigenvalue weighted by Gasteiger charge is 2.25. The molecule has 1 aromatic carbocycles. The van der Waals surface area contributed by atoms with Gasteiger partial charge in [0, 0.05) is 43.3 Å². The molecule has 4 rings (SSSR count). The second-order valence-corrected chi connectivity index (χ2v) is 7.21. The molecular weight excluding hydrogens is 394 g/mol. The fourth-order valence-corrected chi connectivity index (χ4v) is 3.63. The number of amides is 1. The Labute approximate surface area is 172 Å². The number of aryl methyl sites for hydroxylation is 1. The molecule has 29 heavy (non-hydrogen) atoms. The molecule has 0 aliphatic carbocycles. The number of carbonyl (C=O) groups is 2. The largest absolute Gasteiger partial charge is 0.450 e. The van der Waals surface area contributed by atoms with E-state index in [1.807, 2.05) is 24.3 Å². The standard InChI is InChI=1S/C21H20ClN3O4/c1-14-15-5-4-6-16(22)20(15)29-19(14)21(27)28-13-18(26)25-11-9-24(10-12-25)17-7-2-3-8-23-17/h2-8H,9-13H2,1H3. The Kier molecular flexibility index (Phi) is 5.40. The number of benzene rings is 1. The number of fused-ring (bicyclic) bond motifs is 1. The smallest absolute Gasteiger partial charge is 0.375 e. The number of ether oxygens (including phenoxy) is 1. The van der Waals surface area contributed by atoms with Crippen molar-refractivity contribution in [2.24, 2.45) is 0 Å². The minimum atomic E-state index is -0.671. The highest BCUT2D eigenvalue weighted by atomic mass is 35.5. The topological polar surface area (TPSA) is 75.9 Å². The molecule has 0 radical (unpaired) electrons. The maximum absolute atomic E-state index is 12.5. The summed E-state index contributed by atoms with van der Waals surface area (Å²) in [5, 5.41) is 1.17. The fourth-order valence-electron chi connectivity index (χ4n) is 3.41. The summed E-state index contributed by atoms with van der Waals surface area (Å²) in [4.78, 5) is 33.0. The molecule has 0 unspecified atom stereocenters. The van der Waals surface area contributed by atoms with Gasteiger partial charge in [-0.1, -0.05) is 29.8 Å². The van der Waals surface area contributed by atoms with Gasteiger partial charge in [0.25, 0.3) is 5.91 Å². The third-order valence-corrected chi connectivity index (χ3v) is 5.33. The van der Waals surface area contributed by atoms with Crippen molar-refractivity contribution in [2.45, 2.75) is 6.92 Å². The summed E-state index contributed by atoms with van der Waals surface area (Å²) < 4.78 is 10.8. The van der Waals surface area contributed by atoms with Crippen molar-refractivity contribution in [1.82, 2.24) is 9.88 Å². The average Bonchev–Trinajstić information content (AvgIpc) is 3.10. The number of carbonyl (C=O) groups excluding carboxylic acids is 2. The van der Waals surface area contributed by atoms with E-state index in [0.29, 0.717) is 42.3 Å². The lowest BCUT2D eigenvalue weighted by Gasteiger charge is -2.35. The van der Waals surface area contributed by atoms with Crippen molar-refractivity contribution in [3.63, 3.8) is 0 Å². The first-order chi connectivity index (χ1) is 14.0. The highest BCUT2D eigenvalue weighted by Crippen LogP contribution is 2.31. The quantitative estimate of drug-likeness (QED) is 0.611. The summed E-state index contributed by atoms with van der Waals surface area (Å²) in [6.07, 6.45) is 1.75. The van der Waals surface area contributed by atoms with Crippen LogP contribution in [0.3, 0.4) is 0 Å². The van der Waals surface area contributed by atoms with Gasteiger partial charge in [0.15, 0.2) is 12.2 Å². The number of hydrogen-bond acceptors (Lipinski definition) is 6. The third-order valence-electron chi connectivity index (χ3n) is 5.03. The minimum absolute atomic E-state index is 0.0703. The van der Waals surface area contributed by atoms with Crippen molar-refractivity contribution in [3.8, 4) is 0 Å². The summed E-state index contributed by atoms with van der Waals surface area (Å²) in [7, 11) is 0. The Balaban J connectivity index is 1.34. The molecule has 3 aromatic rings. The molecule has 2 aromatic heterocycles. The first kappa shape index (κ1) is 19.3. The maximum Gasteiger partial charge on any atom is 0.375 e. The number of furan rings is 1. The van der Waals surface area contributed by atoms with Gasteiger partial charge in [-0.3, -0.25) is 4.79 Å². The van der Waals surface area contributed by atoms with Crippen LogP contribution in [0.25, 0.3) is 11.0 Å². The van der Waals surface area contributed by atoms with Gasteiger partial charge >= 0.3 is 5.97 Å². The number of pyridine rings is 1. The Morgan fingerprint density at radius 1 is 1.14 bits per heavy atom. The molecule has 1 aliphatic heterocycles. The molecule has 1 aliphatic rings. The third kappa shape index (κ3) is 3.91. The lowest BCUT2D eigenvalue weighted by Crippen LogP contribution is -2.50. The number of para-hydroxylation sites is 1. The second-order valence-electron chi connectivity index (χ2n) is 6.80. The van der Waals surface area contributed by atoms with E-state index in [1.54, 1.807) is 30.2 Å². The highest BCUT2D eigenvalue weighted by molar-refractivity contribution is 6.35. The molecule has 0 spiro atoms. The normalized spacial score (nSPS) is 14.3. The predicted octanol–water partition coefficient (Wildman–Crippen LogP) is 3.30. The van der Waals surface area contributed by atoms with Crippen LogP contribution in [0.2, 0.25) is 5.02 Å². The van der Waals surface area contributed by atoms with E-state index in [4.69, 9.17) is 20.8 Å². The Bertz CT molecular complexity index is 1040. The predicted molar refractivity (Wildman–Crippen MR) is 109 cm³/mol. The summed E-state index contributed by atoms with van der Waals surface area (Å²) in [5.41, 5.74) is 1.08. The number of esters is 1. The molecule has 3 heterocycles. The molecule has 0 atom stereocenters. The zero-order valence-electron chi connectivity index (χ0n) is 15.9. The van der Waals surface area contributed by atoms with Crippen LogP contribution in [0.15, 0.2) is 47.0 Å². The first-order valence-electron chi connectivity index (χ1n) is 9.33. The molecule has 1 amide bonds. The number of hydrogen-bond donors (Lipinski definition) is 0. The van der Waals surface area contributed by atoms with Gasteiger partial charge in [-0.15, -0.1) is 0 Å². The van der Waals surface area contributed by atoms with E-state index in [2.05, 4.69) is 9.88 Å². The molecule has 1 fully saturated rings. The van der Waals surface area contributed by atoms with E-state index >= 15 is 0 Å². The van der Waals surface area contributed by atoms with E-state index < -0.39 is 5.97 Å². The Morgan fingerprint density at radius 3 is 2.62 bits per heavy atom. The SMILES string of the molecule is Cc1c(C(=O)OCC(=O)N2CCN(c3ccccn3)CC2)oc2c(Cl)cccc12. The van der Waals surface area contributed by atoms with Crippen LogP contribution < -0.4 is 4.90 Å². The van der Waals surface area contributed by atoms with Crippen LogP contribution in [0, 0.1) is 6.92 Å². The summed E-state index contributed by atoms with van der Waals surface area (Å²) in [5.74, 6) is 0.0620. The summed E-state index contributed by atoms with van der Waals surface area (Å²) in [6.45, 7) is 3.89. The molecule has 0 N–H and O–H groups in total. The van der Waals surface area contributed by atoms with Crippen molar-refractivity contribution in [2.75, 3.05) is 37.7 Å². The van der Waals surface area contributed by atoms with E-state index in [1.165, 1.54) is 0 Å². The molecule has 150 valence electrons. The van der Waals surface area contributed by atoms with Crippen LogP contribution in [0.5, 0.6) is 0 Å². The van der Waals surface area contributed by atoms with Gasteiger partial charge in [-0.05, 0) is 25.1 Å². The molecule has 1 saturated heterocycles. The monoisotopic (exact) mass is 413 g/mol. The zero-order chi connectivity index (χ0) is 20.4. The van der Waals surface area contributed by atoms with Crippen LogP contribution in [-0.4, -0.2) is 54.5 Å². The van der Waals surface area contributed by atoms with Crippen molar-refractivity contribution in [1.29, 1.82) is 0 Å². The van der Waals surface area contributed by atoms with E-state index in [-0.39, 0.29) is 18.3 Å². The number of nitrogens with zero attached hydrogens (tertiary/aromatic N) is 3. The zero-order valence-corrected chi connectivity index (χ0v) is 16.7. The number of rotatable bonds is 4. The number of anilines is 1. The lowest BCUT2D eigenvalue weighted by atomic mass is 10.1. The fraction of sp³-hybridized carbons (Fsp3) is 0.286.